The Morgan fingerprint density at radius 1 is 1.36 bits per heavy atom. The highest BCUT2D eigenvalue weighted by atomic mass is 14.4. The van der Waals surface area contributed by atoms with Crippen molar-refractivity contribution in [3.8, 4) is 0 Å². The van der Waals surface area contributed by atoms with Gasteiger partial charge in [-0.2, -0.15) is 0 Å². The van der Waals surface area contributed by atoms with E-state index >= 15 is 0 Å². The van der Waals surface area contributed by atoms with E-state index in [0.717, 1.165) is 23.7 Å². The monoisotopic (exact) mass is 190 g/mol. The summed E-state index contributed by atoms with van der Waals surface area (Å²) >= 11 is 0. The van der Waals surface area contributed by atoms with E-state index in [9.17, 15) is 0 Å². The minimum Gasteiger partial charge on any atom is -0.103 e. The maximum Gasteiger partial charge on any atom is -0.0139 e. The zero-order valence-electron chi connectivity index (χ0n) is 9.45. The summed E-state index contributed by atoms with van der Waals surface area (Å²) in [6, 6.07) is 0. The van der Waals surface area contributed by atoms with Gasteiger partial charge in [-0.1, -0.05) is 38.5 Å². The molecule has 0 nitrogen and oxygen atoms in total. The Hall–Kier alpha value is -0.520. The van der Waals surface area contributed by atoms with Crippen molar-refractivity contribution in [1.29, 1.82) is 0 Å². The highest BCUT2D eigenvalue weighted by molar-refractivity contribution is 5.11. The van der Waals surface area contributed by atoms with Crippen LogP contribution in [0.25, 0.3) is 0 Å². The van der Waals surface area contributed by atoms with Gasteiger partial charge >= 0.3 is 0 Å². The molecule has 5 unspecified atom stereocenters. The van der Waals surface area contributed by atoms with E-state index in [1.165, 1.54) is 19.3 Å². The Morgan fingerprint density at radius 3 is 2.86 bits per heavy atom. The first kappa shape index (κ1) is 10.0. The third kappa shape index (κ3) is 1.67. The predicted molar refractivity (Wildman–Crippen MR) is 62.0 cm³/mol. The molecule has 0 aliphatic heterocycles. The van der Waals surface area contributed by atoms with Crippen molar-refractivity contribution in [2.24, 2.45) is 29.6 Å². The molecule has 5 atom stereocenters. The molecular formula is C14H22. The molecule has 0 saturated heterocycles. The largest absolute Gasteiger partial charge is 0.103 e. The maximum absolute atomic E-state index is 3.92. The van der Waals surface area contributed by atoms with Gasteiger partial charge in [0.25, 0.3) is 0 Å². The summed E-state index contributed by atoms with van der Waals surface area (Å²) in [7, 11) is 0. The fourth-order valence-corrected chi connectivity index (χ4v) is 3.28. The zero-order valence-corrected chi connectivity index (χ0v) is 9.45. The van der Waals surface area contributed by atoms with Crippen LogP contribution in [-0.2, 0) is 0 Å². The molecule has 2 rings (SSSR count). The summed E-state index contributed by atoms with van der Waals surface area (Å²) in [6.45, 7) is 8.63. The van der Waals surface area contributed by atoms with Crippen LogP contribution in [0.2, 0.25) is 0 Å². The van der Waals surface area contributed by atoms with Crippen LogP contribution in [0.1, 0.15) is 33.1 Å². The smallest absolute Gasteiger partial charge is 0.0139 e. The van der Waals surface area contributed by atoms with Crippen LogP contribution in [0.4, 0.5) is 0 Å². The molecule has 0 heterocycles. The van der Waals surface area contributed by atoms with Crippen LogP contribution in [-0.4, -0.2) is 0 Å². The normalized spacial score (nSPS) is 43.3. The number of fused-ring (bicyclic) bond motifs is 1. The Bertz CT molecular complexity index is 238. The van der Waals surface area contributed by atoms with Crippen molar-refractivity contribution in [3.05, 3.63) is 24.8 Å². The quantitative estimate of drug-likeness (QED) is 0.576. The lowest BCUT2D eigenvalue weighted by molar-refractivity contribution is 0.183. The molecule has 0 N–H and O–H groups in total. The maximum atomic E-state index is 3.92. The minimum absolute atomic E-state index is 0.662. The second kappa shape index (κ2) is 3.92. The Labute approximate surface area is 88.1 Å². The van der Waals surface area contributed by atoms with Gasteiger partial charge in [0.15, 0.2) is 0 Å². The van der Waals surface area contributed by atoms with E-state index in [2.05, 4.69) is 38.7 Å². The van der Waals surface area contributed by atoms with Crippen molar-refractivity contribution in [2.75, 3.05) is 0 Å². The van der Waals surface area contributed by atoms with Gasteiger partial charge in [0, 0.05) is 0 Å². The van der Waals surface area contributed by atoms with Crippen LogP contribution < -0.4 is 0 Å². The third-order valence-corrected chi connectivity index (χ3v) is 4.27. The number of hydrogen-bond donors (Lipinski definition) is 0. The van der Waals surface area contributed by atoms with Gasteiger partial charge in [-0.25, -0.2) is 0 Å². The first-order chi connectivity index (χ1) is 6.72. The van der Waals surface area contributed by atoms with Crippen molar-refractivity contribution >= 4 is 0 Å². The van der Waals surface area contributed by atoms with E-state index in [1.54, 1.807) is 0 Å². The topological polar surface area (TPSA) is 0 Å². The second-order valence-electron chi connectivity index (χ2n) is 5.30. The summed E-state index contributed by atoms with van der Waals surface area (Å²) in [5, 5.41) is 0. The average molecular weight is 190 g/mol. The minimum atomic E-state index is 0.662. The highest BCUT2D eigenvalue weighted by Crippen LogP contribution is 2.46. The molecule has 0 radical (unpaired) electrons. The first-order valence-electron chi connectivity index (χ1n) is 6.03. The third-order valence-electron chi connectivity index (χ3n) is 4.27. The molecule has 14 heavy (non-hydrogen) atoms. The van der Waals surface area contributed by atoms with Crippen LogP contribution in [0, 0.1) is 29.6 Å². The van der Waals surface area contributed by atoms with Gasteiger partial charge in [-0.15, -0.1) is 6.58 Å². The fraction of sp³-hybridized carbons (Fsp3) is 0.714. The molecule has 0 spiro atoms. The zero-order chi connectivity index (χ0) is 10.1. The number of allylic oxidation sites excluding steroid dienone is 3. The molecule has 0 aromatic carbocycles. The molecule has 0 aromatic rings. The molecule has 2 aliphatic rings. The molecule has 0 heteroatoms. The fourth-order valence-electron chi connectivity index (χ4n) is 3.28. The number of rotatable bonds is 2. The summed E-state index contributed by atoms with van der Waals surface area (Å²) < 4.78 is 0. The molecular weight excluding hydrogens is 168 g/mol. The Balaban J connectivity index is 2.05. The van der Waals surface area contributed by atoms with Crippen LogP contribution in [0.5, 0.6) is 0 Å². The van der Waals surface area contributed by atoms with Crippen molar-refractivity contribution in [1.82, 2.24) is 0 Å². The Morgan fingerprint density at radius 2 is 2.14 bits per heavy atom. The van der Waals surface area contributed by atoms with Gasteiger partial charge in [-0.3, -0.25) is 0 Å². The molecule has 0 bridgehead atoms. The van der Waals surface area contributed by atoms with Crippen molar-refractivity contribution < 1.29 is 0 Å². The lowest BCUT2D eigenvalue weighted by Gasteiger charge is -2.34. The molecule has 1 fully saturated rings. The van der Waals surface area contributed by atoms with E-state index in [-0.39, 0.29) is 0 Å². The standard InChI is InChI=1S/C14H22/c1-4-11(3)13-8-6-12-9-10(2)5-7-14(12)13/h4,6,8,10-14H,1,5,7,9H2,2-3H3. The van der Waals surface area contributed by atoms with Crippen LogP contribution in [0.3, 0.4) is 0 Å². The lowest BCUT2D eigenvalue weighted by Crippen LogP contribution is -2.26. The summed E-state index contributed by atoms with van der Waals surface area (Å²) in [6.07, 6.45) is 11.3. The summed E-state index contributed by atoms with van der Waals surface area (Å²) in [5.74, 6) is 4.20. The summed E-state index contributed by atoms with van der Waals surface area (Å²) in [4.78, 5) is 0. The van der Waals surface area contributed by atoms with Gasteiger partial charge < -0.3 is 0 Å². The van der Waals surface area contributed by atoms with Crippen LogP contribution >= 0.6 is 0 Å². The first-order valence-corrected chi connectivity index (χ1v) is 6.03. The van der Waals surface area contributed by atoms with Gasteiger partial charge in [0.2, 0.25) is 0 Å². The molecule has 1 saturated carbocycles. The Kier molecular flexibility index (Phi) is 2.80. The van der Waals surface area contributed by atoms with Gasteiger partial charge in [-0.05, 0) is 42.4 Å². The molecule has 0 amide bonds. The van der Waals surface area contributed by atoms with E-state index in [1.807, 2.05) is 0 Å². The second-order valence-corrected chi connectivity index (χ2v) is 5.30. The van der Waals surface area contributed by atoms with Crippen LogP contribution in [0.15, 0.2) is 24.8 Å². The molecule has 0 aromatic heterocycles. The number of hydrogen-bond acceptors (Lipinski definition) is 0. The van der Waals surface area contributed by atoms with E-state index in [0.29, 0.717) is 5.92 Å². The van der Waals surface area contributed by atoms with Gasteiger partial charge in [0.1, 0.15) is 0 Å². The highest BCUT2D eigenvalue weighted by Gasteiger charge is 2.36. The van der Waals surface area contributed by atoms with Crippen molar-refractivity contribution in [2.45, 2.75) is 33.1 Å². The van der Waals surface area contributed by atoms with E-state index < -0.39 is 0 Å². The average Bonchev–Trinajstić information content (AvgIpc) is 2.59. The van der Waals surface area contributed by atoms with Gasteiger partial charge in [0.05, 0.1) is 0 Å². The van der Waals surface area contributed by atoms with E-state index in [4.69, 9.17) is 0 Å². The molecule has 2 aliphatic carbocycles. The lowest BCUT2D eigenvalue weighted by atomic mass is 9.70. The summed E-state index contributed by atoms with van der Waals surface area (Å²) in [5.41, 5.74) is 0. The SMILES string of the molecule is C=CC(C)C1C=CC2CC(C)CCC21. The predicted octanol–water partition coefficient (Wildman–Crippen LogP) is 4.05. The van der Waals surface area contributed by atoms with Crippen molar-refractivity contribution in [3.63, 3.8) is 0 Å². The molecule has 78 valence electrons.